The van der Waals surface area contributed by atoms with Crippen molar-refractivity contribution >= 4 is 19.4 Å². The first kappa shape index (κ1) is 22.3. The van der Waals surface area contributed by atoms with Crippen LogP contribution in [0.1, 0.15) is 32.2 Å². The van der Waals surface area contributed by atoms with Crippen molar-refractivity contribution in [3.8, 4) is 5.75 Å². The third-order valence-corrected chi connectivity index (χ3v) is 5.83. The molecule has 0 radical (unpaired) electrons. The minimum Gasteiger partial charge on any atom is -0.490 e. The van der Waals surface area contributed by atoms with E-state index in [0.717, 1.165) is 12.1 Å². The Balaban J connectivity index is 2.55. The Morgan fingerprint density at radius 2 is 1.64 bits per heavy atom. The van der Waals surface area contributed by atoms with Crippen molar-refractivity contribution < 1.29 is 17.9 Å². The molecule has 0 saturated heterocycles. The Bertz CT molecular complexity index is 794. The molecule has 7 heteroatoms. The number of ether oxygens (including phenoxy) is 1. The summed E-state index contributed by atoms with van der Waals surface area (Å²) >= 11 is 0. The number of nitrogens with zero attached hydrogens (tertiary/aromatic N) is 1. The highest BCUT2D eigenvalue weighted by molar-refractivity contribution is 6.76. The number of hydrogen-bond acceptors (Lipinski definition) is 3. The van der Waals surface area contributed by atoms with Crippen molar-refractivity contribution in [1.29, 1.82) is 0 Å². The van der Waals surface area contributed by atoms with E-state index in [0.29, 0.717) is 23.7 Å². The minimum atomic E-state index is -4.54. The van der Waals surface area contributed by atoms with Gasteiger partial charge in [0.05, 0.1) is 18.0 Å². The molecule has 1 aromatic heterocycles. The topological polar surface area (TPSA) is 34.2 Å². The molecule has 0 aliphatic rings. The molecule has 1 N–H and O–H groups in total. The minimum absolute atomic E-state index is 0.286. The summed E-state index contributed by atoms with van der Waals surface area (Å²) in [5, 5.41) is 3.09. The van der Waals surface area contributed by atoms with E-state index in [9.17, 15) is 13.2 Å². The molecule has 0 fully saturated rings. The zero-order chi connectivity index (χ0) is 21.2. The van der Waals surface area contributed by atoms with Crippen molar-refractivity contribution in [3.05, 3.63) is 47.8 Å². The van der Waals surface area contributed by atoms with E-state index in [4.69, 9.17) is 4.74 Å². The second-order valence-corrected chi connectivity index (χ2v) is 14.8. The molecule has 2 rings (SSSR count). The first-order valence-electron chi connectivity index (χ1n) is 9.35. The molecule has 0 aliphatic heterocycles. The van der Waals surface area contributed by atoms with Crippen molar-refractivity contribution in [1.82, 2.24) is 4.98 Å². The lowest BCUT2D eigenvalue weighted by Crippen LogP contribution is -2.24. The third-order valence-electron chi connectivity index (χ3n) is 4.13. The summed E-state index contributed by atoms with van der Waals surface area (Å²) in [7, 11) is -1.35. The van der Waals surface area contributed by atoms with E-state index in [-0.39, 0.29) is 5.69 Å². The van der Waals surface area contributed by atoms with E-state index in [1.54, 1.807) is 12.1 Å². The quantitative estimate of drug-likeness (QED) is 0.528. The molecule has 0 bridgehead atoms. The van der Waals surface area contributed by atoms with Gasteiger partial charge in [-0.2, -0.15) is 13.2 Å². The molecule has 0 atom stereocenters. The number of pyridine rings is 1. The van der Waals surface area contributed by atoms with E-state index in [1.807, 2.05) is 39.0 Å². The highest BCUT2D eigenvalue weighted by atomic mass is 28.3. The third kappa shape index (κ3) is 6.26. The molecule has 28 heavy (non-hydrogen) atoms. The average molecular weight is 411 g/mol. The monoisotopic (exact) mass is 410 g/mol. The molecule has 1 aromatic carbocycles. The maximum Gasteiger partial charge on any atom is 0.433 e. The summed E-state index contributed by atoms with van der Waals surface area (Å²) in [4.78, 5) is 3.95. The first-order chi connectivity index (χ1) is 12.8. The van der Waals surface area contributed by atoms with Crippen LogP contribution in [0.4, 0.5) is 24.5 Å². The molecule has 0 unspecified atom stereocenters. The van der Waals surface area contributed by atoms with Crippen LogP contribution < -0.4 is 10.1 Å². The molecular weight excluding hydrogens is 381 g/mol. The summed E-state index contributed by atoms with van der Waals surface area (Å²) in [5.41, 5.74) is -0.251. The van der Waals surface area contributed by atoms with Crippen LogP contribution in [0.3, 0.4) is 0 Å². The van der Waals surface area contributed by atoms with Gasteiger partial charge in [0.1, 0.15) is 5.69 Å². The van der Waals surface area contributed by atoms with Gasteiger partial charge < -0.3 is 10.1 Å². The molecule has 0 saturated carbocycles. The molecule has 154 valence electrons. The lowest BCUT2D eigenvalue weighted by molar-refractivity contribution is -0.141. The van der Waals surface area contributed by atoms with Gasteiger partial charge in [-0.1, -0.05) is 58.6 Å². The predicted molar refractivity (Wildman–Crippen MR) is 111 cm³/mol. The summed E-state index contributed by atoms with van der Waals surface area (Å²) < 4.78 is 46.5. The fourth-order valence-electron chi connectivity index (χ4n) is 2.56. The van der Waals surface area contributed by atoms with Crippen LogP contribution in [-0.4, -0.2) is 19.7 Å². The first-order valence-corrected chi connectivity index (χ1v) is 13.1. The van der Waals surface area contributed by atoms with Gasteiger partial charge in [-0.15, -0.1) is 0 Å². The van der Waals surface area contributed by atoms with Gasteiger partial charge in [-0.25, -0.2) is 4.98 Å². The highest BCUT2D eigenvalue weighted by Gasteiger charge is 2.36. The fourth-order valence-corrected chi connectivity index (χ4v) is 3.28. The van der Waals surface area contributed by atoms with E-state index < -0.39 is 25.4 Å². The Labute approximate surface area is 166 Å². The van der Waals surface area contributed by atoms with Crippen molar-refractivity contribution in [3.63, 3.8) is 0 Å². The number of anilines is 2. The van der Waals surface area contributed by atoms with E-state index in [1.165, 1.54) is 0 Å². The molecule has 2 aromatic rings. The number of hydrogen-bond donors (Lipinski definition) is 1. The Morgan fingerprint density at radius 1 is 1.04 bits per heavy atom. The molecule has 3 nitrogen and oxygen atoms in total. The maximum absolute atomic E-state index is 13.5. The summed E-state index contributed by atoms with van der Waals surface area (Å²) in [5.74, 6) is 0.391. The van der Waals surface area contributed by atoms with Gasteiger partial charge in [0.25, 0.3) is 0 Å². The Morgan fingerprint density at radius 3 is 2.14 bits per heavy atom. The van der Waals surface area contributed by atoms with Crippen LogP contribution in [0.15, 0.2) is 36.4 Å². The van der Waals surface area contributed by atoms with Gasteiger partial charge in [0.15, 0.2) is 5.75 Å². The summed E-state index contributed by atoms with van der Waals surface area (Å²) in [6.07, 6.45) is -4.54. The second kappa shape index (κ2) is 8.15. The predicted octanol–water partition coefficient (Wildman–Crippen LogP) is 6.86. The number of para-hydroxylation sites is 1. The summed E-state index contributed by atoms with van der Waals surface area (Å²) in [6.45, 7) is 12.7. The van der Waals surface area contributed by atoms with Gasteiger partial charge in [-0.3, -0.25) is 0 Å². The van der Waals surface area contributed by atoms with Crippen molar-refractivity contribution in [2.75, 3.05) is 11.9 Å². The van der Waals surface area contributed by atoms with E-state index in [2.05, 4.69) is 29.9 Å². The molecule has 1 heterocycles. The fraction of sp³-hybridized carbons (Fsp3) is 0.476. The zero-order valence-electron chi connectivity index (χ0n) is 17.4. The number of rotatable bonds is 6. The normalized spacial score (nSPS) is 12.8. The van der Waals surface area contributed by atoms with Crippen LogP contribution in [0.5, 0.6) is 5.75 Å². The number of alkyl halides is 3. The lowest BCUT2D eigenvalue weighted by atomic mass is 9.90. The lowest BCUT2D eigenvalue weighted by Gasteiger charge is -2.26. The molecule has 0 spiro atoms. The Kier molecular flexibility index (Phi) is 6.48. The van der Waals surface area contributed by atoms with Gasteiger partial charge in [-0.05, 0) is 24.2 Å². The molecular formula is C21H29F3N2OSi. The van der Waals surface area contributed by atoms with Gasteiger partial charge in [0.2, 0.25) is 0 Å². The smallest absolute Gasteiger partial charge is 0.433 e. The largest absolute Gasteiger partial charge is 0.490 e. The van der Waals surface area contributed by atoms with Crippen LogP contribution in [-0.2, 0) is 11.6 Å². The second-order valence-electron chi connectivity index (χ2n) is 9.13. The van der Waals surface area contributed by atoms with Crippen molar-refractivity contribution in [2.45, 2.75) is 58.0 Å². The Hall–Kier alpha value is -2.02. The van der Waals surface area contributed by atoms with E-state index >= 15 is 0 Å². The maximum atomic E-state index is 13.5. The number of halogens is 3. The van der Waals surface area contributed by atoms with Crippen LogP contribution in [0, 0.1) is 0 Å². The molecule has 0 aliphatic carbocycles. The van der Waals surface area contributed by atoms with Crippen LogP contribution in [0.25, 0.3) is 0 Å². The standard InChI is InChI=1S/C21H29F3N2OSi/c1-20(2,3)19-18(27-12-13-28(4,5)6)16(14-17(26-19)21(22,23)24)25-15-10-8-7-9-11-15/h7-11,14H,12-13H2,1-6H3,(H,25,26). The molecule has 0 amide bonds. The SMILES string of the molecule is CC(C)(C)c1nc(C(F)(F)F)cc(Nc2ccccc2)c1OCC[Si](C)(C)C. The van der Waals surface area contributed by atoms with Crippen molar-refractivity contribution in [2.24, 2.45) is 0 Å². The van der Waals surface area contributed by atoms with Gasteiger partial charge in [0, 0.05) is 19.2 Å². The van der Waals surface area contributed by atoms with Gasteiger partial charge >= 0.3 is 6.18 Å². The number of benzene rings is 1. The summed E-state index contributed by atoms with van der Waals surface area (Å²) in [6, 6.07) is 11.0. The highest BCUT2D eigenvalue weighted by Crippen LogP contribution is 2.41. The number of nitrogens with one attached hydrogen (secondary N) is 1. The van der Waals surface area contributed by atoms with Crippen LogP contribution >= 0.6 is 0 Å². The van der Waals surface area contributed by atoms with Crippen LogP contribution in [0.2, 0.25) is 25.7 Å². The average Bonchev–Trinajstić information content (AvgIpc) is 2.53. The number of aromatic nitrogens is 1. The zero-order valence-corrected chi connectivity index (χ0v) is 18.4.